The topological polar surface area (TPSA) is 56.4 Å². The van der Waals surface area contributed by atoms with Gasteiger partial charge in [-0.05, 0) is 52.9 Å². The third-order valence-electron chi connectivity index (χ3n) is 6.23. The highest BCUT2D eigenvalue weighted by Gasteiger charge is 2.38. The smallest absolute Gasteiger partial charge is 0.246 e. The number of aromatic nitrogens is 1. The summed E-state index contributed by atoms with van der Waals surface area (Å²) in [6, 6.07) is 12.9. The summed E-state index contributed by atoms with van der Waals surface area (Å²) in [6.45, 7) is 7.46. The lowest BCUT2D eigenvalue weighted by molar-refractivity contribution is -0.145. The van der Waals surface area contributed by atoms with Crippen LogP contribution in [0.15, 0.2) is 55.3 Å². The van der Waals surface area contributed by atoms with Gasteiger partial charge in [0.2, 0.25) is 11.8 Å². The molecule has 0 aliphatic carbocycles. The van der Waals surface area contributed by atoms with Crippen molar-refractivity contribution in [2.45, 2.75) is 25.9 Å². The molecule has 3 aromatic rings. The number of nitrogens with one attached hydrogen (secondary N) is 1. The second-order valence-corrected chi connectivity index (χ2v) is 7.98. The number of likely N-dealkylation sites (tertiary alicyclic amines) is 1. The Hall–Kier alpha value is -3.34. The summed E-state index contributed by atoms with van der Waals surface area (Å²) in [7, 11) is 0. The molecule has 5 nitrogen and oxygen atoms in total. The molecule has 1 aromatic heterocycles. The van der Waals surface area contributed by atoms with E-state index in [2.05, 4.69) is 54.9 Å². The predicted molar refractivity (Wildman–Crippen MR) is 113 cm³/mol. The van der Waals surface area contributed by atoms with Crippen molar-refractivity contribution in [3.8, 4) is 11.1 Å². The molecule has 5 rings (SSSR count). The first-order chi connectivity index (χ1) is 14.0. The van der Waals surface area contributed by atoms with Crippen LogP contribution in [-0.2, 0) is 22.6 Å². The molecule has 2 aliphatic rings. The van der Waals surface area contributed by atoms with Gasteiger partial charge in [0, 0.05) is 36.7 Å². The van der Waals surface area contributed by atoms with Crippen molar-refractivity contribution in [3.05, 3.63) is 71.9 Å². The second-order valence-electron chi connectivity index (χ2n) is 7.98. The maximum atomic E-state index is 12.8. The molecule has 0 saturated carbocycles. The minimum absolute atomic E-state index is 0.0648. The summed E-state index contributed by atoms with van der Waals surface area (Å²) in [5.74, 6) is 0.0759. The molecule has 29 heavy (non-hydrogen) atoms. The molecule has 2 aliphatic heterocycles. The molecule has 0 unspecified atom stereocenters. The highest BCUT2D eigenvalue weighted by molar-refractivity contribution is 5.97. The van der Waals surface area contributed by atoms with Crippen molar-refractivity contribution in [2.24, 2.45) is 0 Å². The Balaban J connectivity index is 1.42. The average molecular weight is 385 g/mol. The first kappa shape index (κ1) is 17.7. The molecule has 3 heterocycles. The van der Waals surface area contributed by atoms with Crippen LogP contribution >= 0.6 is 0 Å². The standard InChI is InChI=1S/C24H23N3O2/c1-3-22(28)26-13-19(14-26)27-12-17-6-5-16(10-18(17)11-23(27)29)24-15(2)4-7-21-20(24)8-9-25-21/h3-10,19,25H,1,11-14H2,2H3. The molecule has 0 spiro atoms. The van der Waals surface area contributed by atoms with Gasteiger partial charge < -0.3 is 14.8 Å². The highest BCUT2D eigenvalue weighted by atomic mass is 16.2. The molecule has 1 saturated heterocycles. The number of benzene rings is 2. The van der Waals surface area contributed by atoms with Gasteiger partial charge in [0.1, 0.15) is 0 Å². The van der Waals surface area contributed by atoms with Gasteiger partial charge in [-0.15, -0.1) is 0 Å². The van der Waals surface area contributed by atoms with Crippen LogP contribution in [0, 0.1) is 6.92 Å². The summed E-state index contributed by atoms with van der Waals surface area (Å²) in [5.41, 5.74) is 7.02. The number of hydrogen-bond donors (Lipinski definition) is 1. The van der Waals surface area contributed by atoms with Crippen LogP contribution in [0.3, 0.4) is 0 Å². The lowest BCUT2D eigenvalue weighted by atomic mass is 9.90. The maximum absolute atomic E-state index is 12.8. The van der Waals surface area contributed by atoms with E-state index in [1.54, 1.807) is 4.90 Å². The van der Waals surface area contributed by atoms with E-state index in [0.717, 1.165) is 16.6 Å². The molecule has 0 atom stereocenters. The number of aryl methyl sites for hydroxylation is 1. The number of carbonyl (C=O) groups is 2. The third-order valence-corrected chi connectivity index (χ3v) is 6.23. The maximum Gasteiger partial charge on any atom is 0.246 e. The van der Waals surface area contributed by atoms with E-state index in [4.69, 9.17) is 0 Å². The molecule has 1 N–H and O–H groups in total. The van der Waals surface area contributed by atoms with Crippen molar-refractivity contribution in [1.29, 1.82) is 0 Å². The fraction of sp³-hybridized carbons (Fsp3) is 0.250. The van der Waals surface area contributed by atoms with E-state index < -0.39 is 0 Å². The van der Waals surface area contributed by atoms with E-state index in [1.165, 1.54) is 28.2 Å². The molecule has 1 fully saturated rings. The number of rotatable bonds is 3. The van der Waals surface area contributed by atoms with Gasteiger partial charge in [0.05, 0.1) is 12.5 Å². The van der Waals surface area contributed by atoms with Crippen molar-refractivity contribution >= 4 is 22.7 Å². The van der Waals surface area contributed by atoms with Gasteiger partial charge in [0.15, 0.2) is 0 Å². The predicted octanol–water partition coefficient (Wildman–Crippen LogP) is 3.42. The number of amides is 2. The molecule has 2 amide bonds. The molecule has 146 valence electrons. The normalized spacial score (nSPS) is 16.7. The zero-order chi connectivity index (χ0) is 20.1. The Morgan fingerprint density at radius 3 is 2.79 bits per heavy atom. The summed E-state index contributed by atoms with van der Waals surface area (Å²) in [5, 5.41) is 1.20. The molecular weight excluding hydrogens is 362 g/mol. The van der Waals surface area contributed by atoms with Crippen LogP contribution < -0.4 is 0 Å². The van der Waals surface area contributed by atoms with E-state index in [0.29, 0.717) is 26.1 Å². The number of aromatic amines is 1. The minimum Gasteiger partial charge on any atom is -0.361 e. The fourth-order valence-electron chi connectivity index (χ4n) is 4.56. The number of H-pyrrole nitrogens is 1. The van der Waals surface area contributed by atoms with Crippen LogP contribution in [0.5, 0.6) is 0 Å². The molecular formula is C24H23N3O2. The SMILES string of the molecule is C=CC(=O)N1CC(N2Cc3ccc(-c4c(C)ccc5[nH]ccc45)cc3CC2=O)C1. The summed E-state index contributed by atoms with van der Waals surface area (Å²) >= 11 is 0. The molecule has 2 aromatic carbocycles. The Kier molecular flexibility index (Phi) is 4.05. The van der Waals surface area contributed by atoms with Gasteiger partial charge >= 0.3 is 0 Å². The Labute approximate surface area is 169 Å². The van der Waals surface area contributed by atoms with Crippen LogP contribution in [0.25, 0.3) is 22.0 Å². The summed E-state index contributed by atoms with van der Waals surface area (Å²) in [4.78, 5) is 31.4. The fourth-order valence-corrected chi connectivity index (χ4v) is 4.56. The van der Waals surface area contributed by atoms with Crippen LogP contribution in [0.1, 0.15) is 16.7 Å². The number of nitrogens with zero attached hydrogens (tertiary/aromatic N) is 2. The van der Waals surface area contributed by atoms with Crippen LogP contribution in [0.4, 0.5) is 0 Å². The van der Waals surface area contributed by atoms with Gasteiger partial charge in [-0.1, -0.05) is 30.8 Å². The molecule has 0 bridgehead atoms. The van der Waals surface area contributed by atoms with Crippen molar-refractivity contribution in [3.63, 3.8) is 0 Å². The first-order valence-corrected chi connectivity index (χ1v) is 9.95. The Morgan fingerprint density at radius 1 is 1.17 bits per heavy atom. The lowest BCUT2D eigenvalue weighted by Crippen LogP contribution is -2.62. The molecule has 5 heteroatoms. The largest absolute Gasteiger partial charge is 0.361 e. The zero-order valence-electron chi connectivity index (χ0n) is 16.4. The second kappa shape index (κ2) is 6.62. The zero-order valence-corrected chi connectivity index (χ0v) is 16.4. The van der Waals surface area contributed by atoms with Crippen LogP contribution in [0.2, 0.25) is 0 Å². The third kappa shape index (κ3) is 2.85. The number of hydrogen-bond acceptors (Lipinski definition) is 2. The first-order valence-electron chi connectivity index (χ1n) is 9.95. The minimum atomic E-state index is -0.0648. The number of fused-ring (bicyclic) bond motifs is 2. The van der Waals surface area contributed by atoms with Gasteiger partial charge in [0.25, 0.3) is 0 Å². The quantitative estimate of drug-likeness (QED) is 0.703. The van der Waals surface area contributed by atoms with Crippen molar-refractivity contribution in [1.82, 2.24) is 14.8 Å². The van der Waals surface area contributed by atoms with E-state index in [1.807, 2.05) is 11.1 Å². The average Bonchev–Trinajstić information content (AvgIpc) is 3.15. The van der Waals surface area contributed by atoms with Gasteiger partial charge in [-0.3, -0.25) is 9.59 Å². The van der Waals surface area contributed by atoms with Crippen LogP contribution in [-0.4, -0.2) is 45.7 Å². The summed E-state index contributed by atoms with van der Waals surface area (Å²) < 4.78 is 0. The van der Waals surface area contributed by atoms with Gasteiger partial charge in [-0.25, -0.2) is 0 Å². The van der Waals surface area contributed by atoms with E-state index >= 15 is 0 Å². The lowest BCUT2D eigenvalue weighted by Gasteiger charge is -2.46. The Bertz CT molecular complexity index is 1150. The van der Waals surface area contributed by atoms with E-state index in [-0.39, 0.29) is 17.9 Å². The Morgan fingerprint density at radius 2 is 2.00 bits per heavy atom. The van der Waals surface area contributed by atoms with Gasteiger partial charge in [-0.2, -0.15) is 0 Å². The highest BCUT2D eigenvalue weighted by Crippen LogP contribution is 2.34. The van der Waals surface area contributed by atoms with E-state index in [9.17, 15) is 9.59 Å². The van der Waals surface area contributed by atoms with Crippen molar-refractivity contribution in [2.75, 3.05) is 13.1 Å². The molecule has 0 radical (unpaired) electrons. The number of carbonyl (C=O) groups excluding carboxylic acids is 2. The summed E-state index contributed by atoms with van der Waals surface area (Å²) in [6.07, 6.45) is 3.71. The van der Waals surface area contributed by atoms with Crippen molar-refractivity contribution < 1.29 is 9.59 Å². The monoisotopic (exact) mass is 385 g/mol.